The molecule has 23 heavy (non-hydrogen) atoms. The van der Waals surface area contributed by atoms with E-state index in [2.05, 4.69) is 10.6 Å². The third-order valence-corrected chi connectivity index (χ3v) is 3.22. The summed E-state index contributed by atoms with van der Waals surface area (Å²) in [5.41, 5.74) is 0.398. The predicted molar refractivity (Wildman–Crippen MR) is 83.1 cm³/mol. The topological polar surface area (TPSA) is 118 Å². The van der Waals surface area contributed by atoms with Crippen LogP contribution in [0.1, 0.15) is 5.76 Å². The Hall–Kier alpha value is -2.87. The Morgan fingerprint density at radius 2 is 2.04 bits per heavy atom. The molecule has 2 aromatic rings. The first-order valence-corrected chi connectivity index (χ1v) is 7.01. The number of nitrogens with one attached hydrogen (secondary N) is 2. The zero-order valence-electron chi connectivity index (χ0n) is 12.3. The van der Waals surface area contributed by atoms with Gasteiger partial charge in [0.2, 0.25) is 0 Å². The lowest BCUT2D eigenvalue weighted by atomic mass is 10.1. The second-order valence-electron chi connectivity index (χ2n) is 4.97. The number of urea groups is 1. The summed E-state index contributed by atoms with van der Waals surface area (Å²) in [7, 11) is 0. The average Bonchev–Trinajstić information content (AvgIpc) is 3.05. The van der Waals surface area contributed by atoms with Crippen molar-refractivity contribution in [2.45, 2.75) is 6.42 Å². The van der Waals surface area contributed by atoms with Gasteiger partial charge >= 0.3 is 6.03 Å². The molecule has 0 saturated carbocycles. The summed E-state index contributed by atoms with van der Waals surface area (Å²) in [6.07, 6.45) is 2.07. The molecule has 0 bridgehead atoms. The minimum Gasteiger partial charge on any atom is -0.469 e. The van der Waals surface area contributed by atoms with Gasteiger partial charge in [-0.05, 0) is 24.3 Å². The molecular weight excluding hydrogens is 302 g/mol. The predicted octanol–water partition coefficient (Wildman–Crippen LogP) is 2.16. The highest BCUT2D eigenvalue weighted by Crippen LogP contribution is 2.15. The number of nitro groups is 1. The molecule has 2 rings (SSSR count). The molecule has 122 valence electrons. The molecule has 1 aromatic heterocycles. The maximum atomic E-state index is 11.8. The molecule has 0 spiro atoms. The summed E-state index contributed by atoms with van der Waals surface area (Å²) >= 11 is 0. The van der Waals surface area contributed by atoms with Gasteiger partial charge in [-0.2, -0.15) is 0 Å². The summed E-state index contributed by atoms with van der Waals surface area (Å²) in [6.45, 7) is 0.189. The van der Waals surface area contributed by atoms with Crippen molar-refractivity contribution >= 4 is 17.4 Å². The third-order valence-electron chi connectivity index (χ3n) is 3.22. The number of non-ortho nitro benzene ring substituents is 1. The summed E-state index contributed by atoms with van der Waals surface area (Å²) in [5.74, 6) is 0.574. The second kappa shape index (κ2) is 7.95. The number of aliphatic hydroxyl groups is 1. The molecule has 0 aliphatic heterocycles. The molecule has 8 nitrogen and oxygen atoms in total. The Labute approximate surface area is 132 Å². The Balaban J connectivity index is 1.80. The van der Waals surface area contributed by atoms with E-state index in [0.717, 1.165) is 5.76 Å². The summed E-state index contributed by atoms with van der Waals surface area (Å²) in [5, 5.41) is 25.1. The van der Waals surface area contributed by atoms with Gasteiger partial charge in [0.15, 0.2) is 0 Å². The molecule has 8 heteroatoms. The number of carbonyl (C=O) groups is 1. The van der Waals surface area contributed by atoms with Crippen LogP contribution in [-0.2, 0) is 6.42 Å². The quantitative estimate of drug-likeness (QED) is 0.534. The largest absolute Gasteiger partial charge is 0.469 e. The highest BCUT2D eigenvalue weighted by molar-refractivity contribution is 5.89. The van der Waals surface area contributed by atoms with E-state index in [1.54, 1.807) is 18.4 Å². The first-order chi connectivity index (χ1) is 11.1. The van der Waals surface area contributed by atoms with Crippen molar-refractivity contribution in [3.63, 3.8) is 0 Å². The number of hydrogen-bond donors (Lipinski definition) is 3. The van der Waals surface area contributed by atoms with Gasteiger partial charge in [-0.1, -0.05) is 0 Å². The lowest BCUT2D eigenvalue weighted by molar-refractivity contribution is -0.384. The van der Waals surface area contributed by atoms with Crippen molar-refractivity contribution in [1.29, 1.82) is 0 Å². The molecule has 1 heterocycles. The first-order valence-electron chi connectivity index (χ1n) is 7.01. The van der Waals surface area contributed by atoms with Crippen LogP contribution in [0.15, 0.2) is 47.1 Å². The van der Waals surface area contributed by atoms with Crippen LogP contribution in [0, 0.1) is 16.0 Å². The Bertz CT molecular complexity index is 640. The van der Waals surface area contributed by atoms with Crippen LogP contribution in [0.4, 0.5) is 16.2 Å². The van der Waals surface area contributed by atoms with E-state index in [1.165, 1.54) is 24.3 Å². The van der Waals surface area contributed by atoms with Gasteiger partial charge < -0.3 is 20.2 Å². The van der Waals surface area contributed by atoms with Gasteiger partial charge in [0.25, 0.3) is 5.69 Å². The standard InChI is InChI=1S/C15H17N3O5/c19-10-11(8-14-2-1-7-23-14)9-16-15(20)17-12-3-5-13(6-4-12)18(21)22/h1-7,11,19H,8-10H2,(H2,16,17,20)/t11-/m0/s1. The fourth-order valence-corrected chi connectivity index (χ4v) is 1.99. The molecule has 3 N–H and O–H groups in total. The van der Waals surface area contributed by atoms with Crippen molar-refractivity contribution in [2.24, 2.45) is 5.92 Å². The smallest absolute Gasteiger partial charge is 0.319 e. The average molecular weight is 319 g/mol. The van der Waals surface area contributed by atoms with Crippen LogP contribution in [0.25, 0.3) is 0 Å². The number of anilines is 1. The van der Waals surface area contributed by atoms with Crippen LogP contribution < -0.4 is 10.6 Å². The van der Waals surface area contributed by atoms with Gasteiger partial charge in [-0.15, -0.1) is 0 Å². The van der Waals surface area contributed by atoms with Crippen molar-refractivity contribution < 1.29 is 19.2 Å². The van der Waals surface area contributed by atoms with Gasteiger partial charge in [0.05, 0.1) is 11.2 Å². The Kier molecular flexibility index (Phi) is 5.70. The summed E-state index contributed by atoms with van der Waals surface area (Å²) in [6, 6.07) is 8.63. The van der Waals surface area contributed by atoms with E-state index in [4.69, 9.17) is 4.42 Å². The van der Waals surface area contributed by atoms with Crippen molar-refractivity contribution in [3.8, 4) is 0 Å². The van der Waals surface area contributed by atoms with Crippen molar-refractivity contribution in [2.75, 3.05) is 18.5 Å². The molecule has 0 aliphatic carbocycles. The highest BCUT2D eigenvalue weighted by atomic mass is 16.6. The van der Waals surface area contributed by atoms with Gasteiger partial charge in [0.1, 0.15) is 5.76 Å². The first kappa shape index (κ1) is 16.5. The van der Waals surface area contributed by atoms with Gasteiger partial charge in [-0.25, -0.2) is 4.79 Å². The maximum Gasteiger partial charge on any atom is 0.319 e. The van der Waals surface area contributed by atoms with E-state index >= 15 is 0 Å². The van der Waals surface area contributed by atoms with Crippen LogP contribution >= 0.6 is 0 Å². The highest BCUT2D eigenvalue weighted by Gasteiger charge is 2.12. The van der Waals surface area contributed by atoms with E-state index < -0.39 is 11.0 Å². The molecule has 0 saturated heterocycles. The number of aliphatic hydroxyl groups excluding tert-OH is 1. The molecule has 0 radical (unpaired) electrons. The lowest BCUT2D eigenvalue weighted by Crippen LogP contribution is -2.34. The van der Waals surface area contributed by atoms with Crippen LogP contribution in [0.5, 0.6) is 0 Å². The maximum absolute atomic E-state index is 11.8. The summed E-state index contributed by atoms with van der Waals surface area (Å²) in [4.78, 5) is 21.8. The van der Waals surface area contributed by atoms with E-state index in [0.29, 0.717) is 12.1 Å². The molecule has 0 unspecified atom stereocenters. The zero-order chi connectivity index (χ0) is 16.7. The molecule has 0 fully saturated rings. The Morgan fingerprint density at radius 1 is 1.30 bits per heavy atom. The fourth-order valence-electron chi connectivity index (χ4n) is 1.99. The second-order valence-corrected chi connectivity index (χ2v) is 4.97. The van der Waals surface area contributed by atoms with Crippen LogP contribution in [0.3, 0.4) is 0 Å². The monoisotopic (exact) mass is 319 g/mol. The molecular formula is C15H17N3O5. The molecule has 0 aliphatic rings. The molecule has 2 amide bonds. The van der Waals surface area contributed by atoms with E-state index in [9.17, 15) is 20.0 Å². The number of rotatable bonds is 7. The minimum atomic E-state index is -0.510. The number of carbonyl (C=O) groups excluding carboxylic acids is 1. The van der Waals surface area contributed by atoms with Crippen molar-refractivity contribution in [3.05, 3.63) is 58.5 Å². The number of nitro benzene ring substituents is 1. The Morgan fingerprint density at radius 3 is 2.61 bits per heavy atom. The lowest BCUT2D eigenvalue weighted by Gasteiger charge is -2.14. The molecule has 1 atom stereocenters. The third kappa shape index (κ3) is 5.11. The van der Waals surface area contributed by atoms with Crippen molar-refractivity contribution in [1.82, 2.24) is 5.32 Å². The van der Waals surface area contributed by atoms with Gasteiger partial charge in [-0.3, -0.25) is 10.1 Å². The number of hydrogen-bond acceptors (Lipinski definition) is 5. The SMILES string of the molecule is O=C(NC[C@@H](CO)Cc1ccco1)Nc1ccc([N+](=O)[O-])cc1. The normalized spacial score (nSPS) is 11.7. The number of nitrogens with zero attached hydrogens (tertiary/aromatic N) is 1. The van der Waals surface area contributed by atoms with Crippen LogP contribution in [-0.4, -0.2) is 29.2 Å². The number of furan rings is 1. The number of amides is 2. The van der Waals surface area contributed by atoms with Gasteiger partial charge in [0, 0.05) is 43.3 Å². The molecule has 1 aromatic carbocycles. The summed E-state index contributed by atoms with van der Waals surface area (Å²) < 4.78 is 5.20. The van der Waals surface area contributed by atoms with E-state index in [-0.39, 0.29) is 24.8 Å². The number of benzene rings is 1. The zero-order valence-corrected chi connectivity index (χ0v) is 12.3. The minimum absolute atomic E-state index is 0.0465. The fraction of sp³-hybridized carbons (Fsp3) is 0.267. The van der Waals surface area contributed by atoms with E-state index in [1.807, 2.05) is 0 Å². The van der Waals surface area contributed by atoms with Crippen LogP contribution in [0.2, 0.25) is 0 Å².